The van der Waals surface area contributed by atoms with E-state index in [4.69, 9.17) is 0 Å². The van der Waals surface area contributed by atoms with Crippen molar-refractivity contribution in [3.8, 4) is 0 Å². The van der Waals surface area contributed by atoms with Crippen LogP contribution in [0.15, 0.2) is 64.8 Å². The van der Waals surface area contributed by atoms with Crippen molar-refractivity contribution in [1.82, 2.24) is 20.1 Å². The molecule has 0 fully saturated rings. The normalized spacial score (nSPS) is 11.0. The first-order chi connectivity index (χ1) is 15.1. The van der Waals surface area contributed by atoms with Crippen LogP contribution in [-0.2, 0) is 13.0 Å². The van der Waals surface area contributed by atoms with Crippen molar-refractivity contribution in [3.05, 3.63) is 92.3 Å². The average Bonchev–Trinajstić information content (AvgIpc) is 3.21. The third kappa shape index (κ3) is 5.06. The van der Waals surface area contributed by atoms with Crippen LogP contribution in [0.25, 0.3) is 10.8 Å². The highest BCUT2D eigenvalue weighted by Crippen LogP contribution is 2.14. The molecule has 4 rings (SSSR count). The summed E-state index contributed by atoms with van der Waals surface area (Å²) < 4.78 is 1.37. The van der Waals surface area contributed by atoms with Gasteiger partial charge < -0.3 is 5.32 Å². The van der Waals surface area contributed by atoms with Gasteiger partial charge in [-0.25, -0.2) is 9.67 Å². The highest BCUT2D eigenvalue weighted by molar-refractivity contribution is 7.09. The minimum absolute atomic E-state index is 0.199. The molecule has 0 saturated heterocycles. The van der Waals surface area contributed by atoms with Gasteiger partial charge in [-0.05, 0) is 37.8 Å². The summed E-state index contributed by atoms with van der Waals surface area (Å²) in [4.78, 5) is 30.3. The molecule has 4 aromatic rings. The van der Waals surface area contributed by atoms with Gasteiger partial charge in [0.15, 0.2) is 5.69 Å². The lowest BCUT2D eigenvalue weighted by molar-refractivity contribution is 0.0947. The quantitative estimate of drug-likeness (QED) is 0.428. The van der Waals surface area contributed by atoms with E-state index < -0.39 is 0 Å². The van der Waals surface area contributed by atoms with Crippen molar-refractivity contribution < 1.29 is 4.79 Å². The number of unbranched alkanes of at least 4 members (excludes halogenated alkanes) is 1. The summed E-state index contributed by atoms with van der Waals surface area (Å²) in [7, 11) is 0. The SMILES string of the molecule is Cc1csc(CCCCNC(=O)c2nn(Cc3ccccc3)c(=O)c3ccccc23)n1. The summed E-state index contributed by atoms with van der Waals surface area (Å²) >= 11 is 1.67. The van der Waals surface area contributed by atoms with E-state index in [0.29, 0.717) is 23.9 Å². The number of aryl methyl sites for hydroxylation is 2. The first-order valence-electron chi connectivity index (χ1n) is 10.3. The van der Waals surface area contributed by atoms with E-state index in [2.05, 4.69) is 20.8 Å². The van der Waals surface area contributed by atoms with E-state index in [-0.39, 0.29) is 17.2 Å². The Morgan fingerprint density at radius 3 is 2.52 bits per heavy atom. The lowest BCUT2D eigenvalue weighted by atomic mass is 10.1. The van der Waals surface area contributed by atoms with Gasteiger partial charge in [-0.15, -0.1) is 11.3 Å². The maximum atomic E-state index is 12.9. The van der Waals surface area contributed by atoms with Gasteiger partial charge in [0.1, 0.15) is 0 Å². The Balaban J connectivity index is 1.48. The minimum Gasteiger partial charge on any atom is -0.351 e. The maximum absolute atomic E-state index is 12.9. The number of nitrogens with zero attached hydrogens (tertiary/aromatic N) is 3. The standard InChI is InChI=1S/C24H24N4O2S/c1-17-16-31-21(26-17)13-7-8-14-25-23(29)22-19-11-5-6-12-20(19)24(30)28(27-22)15-18-9-3-2-4-10-18/h2-6,9-12,16H,7-8,13-15H2,1H3,(H,25,29). The fourth-order valence-electron chi connectivity index (χ4n) is 3.47. The van der Waals surface area contributed by atoms with E-state index in [1.165, 1.54) is 4.68 Å². The molecule has 2 aromatic heterocycles. The molecule has 0 bridgehead atoms. The molecule has 2 heterocycles. The zero-order chi connectivity index (χ0) is 21.6. The van der Waals surface area contributed by atoms with E-state index in [0.717, 1.165) is 35.5 Å². The monoisotopic (exact) mass is 432 g/mol. The van der Waals surface area contributed by atoms with Gasteiger partial charge in [-0.3, -0.25) is 9.59 Å². The number of rotatable bonds is 8. The van der Waals surface area contributed by atoms with Gasteiger partial charge in [0.05, 0.1) is 16.9 Å². The lowest BCUT2D eigenvalue weighted by Crippen LogP contribution is -2.31. The zero-order valence-electron chi connectivity index (χ0n) is 17.4. The number of aromatic nitrogens is 3. The van der Waals surface area contributed by atoms with Crippen molar-refractivity contribution in [2.45, 2.75) is 32.7 Å². The van der Waals surface area contributed by atoms with Crippen LogP contribution in [0.4, 0.5) is 0 Å². The van der Waals surface area contributed by atoms with E-state index in [1.54, 1.807) is 29.5 Å². The number of hydrogen-bond donors (Lipinski definition) is 1. The molecule has 2 aromatic carbocycles. The van der Waals surface area contributed by atoms with Crippen LogP contribution in [0.2, 0.25) is 0 Å². The van der Waals surface area contributed by atoms with Crippen molar-refractivity contribution >= 4 is 28.0 Å². The Morgan fingerprint density at radius 2 is 1.77 bits per heavy atom. The first-order valence-corrected chi connectivity index (χ1v) is 11.2. The lowest BCUT2D eigenvalue weighted by Gasteiger charge is -2.11. The van der Waals surface area contributed by atoms with Gasteiger partial charge >= 0.3 is 0 Å². The van der Waals surface area contributed by atoms with Gasteiger partial charge in [-0.1, -0.05) is 48.5 Å². The third-order valence-electron chi connectivity index (χ3n) is 5.03. The topological polar surface area (TPSA) is 76.9 Å². The number of amides is 1. The summed E-state index contributed by atoms with van der Waals surface area (Å²) in [5.41, 5.74) is 2.09. The Kier molecular flexibility index (Phi) is 6.52. The van der Waals surface area contributed by atoms with Crippen molar-refractivity contribution in [2.24, 2.45) is 0 Å². The minimum atomic E-state index is -0.261. The predicted molar refractivity (Wildman–Crippen MR) is 124 cm³/mol. The third-order valence-corrected chi connectivity index (χ3v) is 6.05. The predicted octanol–water partition coefficient (Wildman–Crippen LogP) is 3.96. The summed E-state index contributed by atoms with van der Waals surface area (Å²) in [6, 6.07) is 16.8. The Bertz CT molecular complexity index is 1250. The molecule has 158 valence electrons. The van der Waals surface area contributed by atoms with Crippen LogP contribution >= 0.6 is 11.3 Å². The van der Waals surface area contributed by atoms with Gasteiger partial charge in [-0.2, -0.15) is 5.10 Å². The molecule has 1 amide bonds. The van der Waals surface area contributed by atoms with Crippen LogP contribution in [0.3, 0.4) is 0 Å². The number of thiazole rings is 1. The molecule has 7 heteroatoms. The summed E-state index contributed by atoms with van der Waals surface area (Å²) in [6.07, 6.45) is 2.72. The number of benzene rings is 2. The van der Waals surface area contributed by atoms with Crippen LogP contribution in [0, 0.1) is 6.92 Å². The van der Waals surface area contributed by atoms with E-state index in [1.807, 2.05) is 43.3 Å². The molecule has 0 unspecified atom stereocenters. The number of hydrogen-bond acceptors (Lipinski definition) is 5. The molecular formula is C24H24N4O2S. The number of carbonyl (C=O) groups is 1. The average molecular weight is 433 g/mol. The van der Waals surface area contributed by atoms with Gasteiger partial charge in [0, 0.05) is 23.0 Å². The Morgan fingerprint density at radius 1 is 1.03 bits per heavy atom. The van der Waals surface area contributed by atoms with Crippen LogP contribution in [0.5, 0.6) is 0 Å². The number of fused-ring (bicyclic) bond motifs is 1. The van der Waals surface area contributed by atoms with Crippen molar-refractivity contribution in [2.75, 3.05) is 6.54 Å². The van der Waals surface area contributed by atoms with E-state index in [9.17, 15) is 9.59 Å². The summed E-state index contributed by atoms with van der Waals surface area (Å²) in [5.74, 6) is -0.261. The molecular weight excluding hydrogens is 408 g/mol. The second-order valence-corrected chi connectivity index (χ2v) is 8.38. The summed E-state index contributed by atoms with van der Waals surface area (Å²) in [5, 5.41) is 11.6. The highest BCUT2D eigenvalue weighted by atomic mass is 32.1. The van der Waals surface area contributed by atoms with Gasteiger partial charge in [0.2, 0.25) is 0 Å². The summed E-state index contributed by atoms with van der Waals surface area (Å²) in [6.45, 7) is 2.86. The molecule has 0 aliphatic rings. The zero-order valence-corrected chi connectivity index (χ0v) is 18.2. The molecule has 0 saturated carbocycles. The van der Waals surface area contributed by atoms with Gasteiger partial charge in [0.25, 0.3) is 11.5 Å². The molecule has 1 N–H and O–H groups in total. The molecule has 0 aliphatic carbocycles. The number of nitrogens with one attached hydrogen (secondary N) is 1. The van der Waals surface area contributed by atoms with Crippen molar-refractivity contribution in [3.63, 3.8) is 0 Å². The Labute approximate surface area is 184 Å². The fourth-order valence-corrected chi connectivity index (χ4v) is 4.29. The fraction of sp³-hybridized carbons (Fsp3) is 0.250. The first kappa shape index (κ1) is 20.9. The maximum Gasteiger partial charge on any atom is 0.274 e. The van der Waals surface area contributed by atoms with Crippen LogP contribution in [0.1, 0.15) is 39.6 Å². The largest absolute Gasteiger partial charge is 0.351 e. The molecule has 0 spiro atoms. The second kappa shape index (κ2) is 9.66. The van der Waals surface area contributed by atoms with E-state index >= 15 is 0 Å². The Hall–Kier alpha value is -3.32. The smallest absolute Gasteiger partial charge is 0.274 e. The van der Waals surface area contributed by atoms with Crippen LogP contribution < -0.4 is 10.9 Å². The molecule has 6 nitrogen and oxygen atoms in total. The van der Waals surface area contributed by atoms with Crippen molar-refractivity contribution in [1.29, 1.82) is 0 Å². The highest BCUT2D eigenvalue weighted by Gasteiger charge is 2.16. The second-order valence-electron chi connectivity index (χ2n) is 7.44. The molecule has 0 radical (unpaired) electrons. The number of carbonyl (C=O) groups excluding carboxylic acids is 1. The molecule has 0 aliphatic heterocycles. The molecule has 31 heavy (non-hydrogen) atoms. The van der Waals surface area contributed by atoms with Crippen LogP contribution in [-0.4, -0.2) is 27.2 Å². The molecule has 0 atom stereocenters.